The number of unbranched alkanes of at least 4 members (excludes halogenated alkanes) is 22. The van der Waals surface area contributed by atoms with Gasteiger partial charge in [-0.15, -0.1) is 0 Å². The number of rotatable bonds is 28. The van der Waals surface area contributed by atoms with Crippen LogP contribution in [0, 0.1) is 12.3 Å². The molecule has 0 spiro atoms. The van der Waals surface area contributed by atoms with E-state index in [1.165, 1.54) is 173 Å². The van der Waals surface area contributed by atoms with Crippen LogP contribution in [-0.4, -0.2) is 0 Å². The molecule has 0 aromatic heterocycles. The molecule has 0 aliphatic heterocycles. The molecule has 0 fully saturated rings. The lowest BCUT2D eigenvalue weighted by molar-refractivity contribution is 0.394. The summed E-state index contributed by atoms with van der Waals surface area (Å²) in [7, 11) is 0. The molecule has 0 aliphatic rings. The van der Waals surface area contributed by atoms with Gasteiger partial charge in [-0.05, 0) is 18.8 Å². The molecule has 0 saturated heterocycles. The van der Waals surface area contributed by atoms with Gasteiger partial charge < -0.3 is 0 Å². The Kier molecular flexibility index (Phi) is 29.0. The minimum absolute atomic E-state index is 0.986. The van der Waals surface area contributed by atoms with Crippen LogP contribution in [0.3, 0.4) is 0 Å². The van der Waals surface area contributed by atoms with Crippen LogP contribution in [0.5, 0.6) is 0 Å². The van der Waals surface area contributed by atoms with Crippen LogP contribution in [0.4, 0.5) is 0 Å². The van der Waals surface area contributed by atoms with Crippen molar-refractivity contribution in [2.45, 2.75) is 194 Å². The van der Waals surface area contributed by atoms with Gasteiger partial charge in [-0.1, -0.05) is 188 Å². The van der Waals surface area contributed by atoms with Crippen LogP contribution in [-0.2, 0) is 0 Å². The summed E-state index contributed by atoms with van der Waals surface area (Å²) < 4.78 is 0. The second-order valence-corrected chi connectivity index (χ2v) is 10.8. The Morgan fingerprint density at radius 1 is 0.375 bits per heavy atom. The Balaban J connectivity index is 3.66. The highest BCUT2D eigenvalue weighted by atomic mass is 14.1. The predicted molar refractivity (Wildman–Crippen MR) is 149 cm³/mol. The minimum Gasteiger partial charge on any atom is -0.0654 e. The van der Waals surface area contributed by atoms with Gasteiger partial charge in [-0.3, -0.25) is 0 Å². The average molecular weight is 450 g/mol. The topological polar surface area (TPSA) is 0 Å². The molecule has 0 rings (SSSR count). The fourth-order valence-corrected chi connectivity index (χ4v) is 5.11. The monoisotopic (exact) mass is 450 g/mol. The van der Waals surface area contributed by atoms with E-state index >= 15 is 0 Å². The van der Waals surface area contributed by atoms with Gasteiger partial charge in [-0.2, -0.15) is 0 Å². The zero-order valence-corrected chi connectivity index (χ0v) is 23.2. The Morgan fingerprint density at radius 3 is 1.09 bits per heavy atom. The fraction of sp³-hybridized carbons (Fsp3) is 0.969. The van der Waals surface area contributed by atoms with E-state index in [4.69, 9.17) is 0 Å². The van der Waals surface area contributed by atoms with Crippen LogP contribution < -0.4 is 0 Å². The summed E-state index contributed by atoms with van der Waals surface area (Å²) >= 11 is 0. The Hall–Kier alpha value is 0. The van der Waals surface area contributed by atoms with Gasteiger partial charge in [0.05, 0.1) is 0 Å². The molecule has 0 bridgehead atoms. The highest BCUT2D eigenvalue weighted by molar-refractivity contribution is 4.72. The van der Waals surface area contributed by atoms with Crippen molar-refractivity contribution in [3.05, 3.63) is 6.42 Å². The first-order valence-electron chi connectivity index (χ1n) is 15.7. The Labute approximate surface area is 206 Å². The van der Waals surface area contributed by atoms with E-state index in [2.05, 4.69) is 27.2 Å². The second kappa shape index (κ2) is 29.0. The van der Waals surface area contributed by atoms with E-state index in [1.54, 1.807) is 0 Å². The molecule has 0 heteroatoms. The zero-order chi connectivity index (χ0) is 23.4. The third kappa shape index (κ3) is 26.3. The summed E-state index contributed by atoms with van der Waals surface area (Å²) in [6.45, 7) is 6.95. The van der Waals surface area contributed by atoms with Gasteiger partial charge in [0.15, 0.2) is 0 Å². The van der Waals surface area contributed by atoms with Gasteiger partial charge in [0.1, 0.15) is 0 Å². The average Bonchev–Trinajstić information content (AvgIpc) is 2.80. The second-order valence-electron chi connectivity index (χ2n) is 10.8. The predicted octanol–water partition coefficient (Wildman–Crippen LogP) is 12.4. The molecule has 1 atom stereocenters. The van der Waals surface area contributed by atoms with E-state index in [-0.39, 0.29) is 0 Å². The van der Waals surface area contributed by atoms with Crippen LogP contribution in [0.15, 0.2) is 0 Å². The van der Waals surface area contributed by atoms with E-state index in [0.717, 1.165) is 5.92 Å². The Morgan fingerprint density at radius 2 is 0.688 bits per heavy atom. The molecule has 1 radical (unpaired) electrons. The SMILES string of the molecule is CCCCCCCCC[CH]CC(CCCCCC)CCCCCCCCCCCCCC. The molecule has 0 aromatic carbocycles. The van der Waals surface area contributed by atoms with Gasteiger partial charge in [0, 0.05) is 0 Å². The molecular weight excluding hydrogens is 384 g/mol. The van der Waals surface area contributed by atoms with E-state index < -0.39 is 0 Å². The van der Waals surface area contributed by atoms with Crippen LogP contribution in [0.1, 0.15) is 194 Å². The molecule has 32 heavy (non-hydrogen) atoms. The number of hydrogen-bond acceptors (Lipinski definition) is 0. The number of hydrogen-bond donors (Lipinski definition) is 0. The molecule has 0 aliphatic carbocycles. The smallest absolute Gasteiger partial charge is 0.0383 e. The summed E-state index contributed by atoms with van der Waals surface area (Å²) in [4.78, 5) is 0. The largest absolute Gasteiger partial charge is 0.0654 e. The maximum atomic E-state index is 2.66. The molecule has 0 aromatic rings. The molecule has 1 unspecified atom stereocenters. The van der Waals surface area contributed by atoms with Crippen molar-refractivity contribution in [2.75, 3.05) is 0 Å². The molecule has 0 nitrogen and oxygen atoms in total. The highest BCUT2D eigenvalue weighted by Crippen LogP contribution is 2.24. The quantitative estimate of drug-likeness (QED) is 0.104. The van der Waals surface area contributed by atoms with E-state index in [9.17, 15) is 0 Å². The highest BCUT2D eigenvalue weighted by Gasteiger charge is 2.09. The lowest BCUT2D eigenvalue weighted by atomic mass is 9.89. The zero-order valence-electron chi connectivity index (χ0n) is 23.2. The van der Waals surface area contributed by atoms with E-state index in [1.807, 2.05) is 0 Å². The lowest BCUT2D eigenvalue weighted by Gasteiger charge is -2.17. The maximum Gasteiger partial charge on any atom is -0.0383 e. The first-order valence-corrected chi connectivity index (χ1v) is 15.7. The molecule has 0 heterocycles. The summed E-state index contributed by atoms with van der Waals surface area (Å²) in [5, 5.41) is 0. The third-order valence-electron chi connectivity index (χ3n) is 7.44. The molecule has 0 amide bonds. The van der Waals surface area contributed by atoms with Crippen LogP contribution >= 0.6 is 0 Å². The van der Waals surface area contributed by atoms with E-state index in [0.29, 0.717) is 0 Å². The van der Waals surface area contributed by atoms with Gasteiger partial charge >= 0.3 is 0 Å². The molecule has 0 N–H and O–H groups in total. The minimum atomic E-state index is 0.986. The Bertz CT molecular complexity index is 307. The molecule has 0 saturated carbocycles. The molecular formula is C32H65. The first kappa shape index (κ1) is 32.0. The van der Waals surface area contributed by atoms with Gasteiger partial charge in [0.25, 0.3) is 0 Å². The standard InChI is InChI=1S/C32H65/c1-4-7-10-13-15-17-18-19-21-23-25-28-31-32(29-26-12-9-6-3)30-27-24-22-20-16-14-11-8-5-2/h27,32H,4-26,28-31H2,1-3H3. The maximum absolute atomic E-state index is 2.66. The van der Waals surface area contributed by atoms with Crippen molar-refractivity contribution in [3.8, 4) is 0 Å². The van der Waals surface area contributed by atoms with Crippen molar-refractivity contribution in [1.29, 1.82) is 0 Å². The summed E-state index contributed by atoms with van der Waals surface area (Å²) in [6.07, 6.45) is 41.9. The van der Waals surface area contributed by atoms with Crippen molar-refractivity contribution < 1.29 is 0 Å². The van der Waals surface area contributed by atoms with Crippen molar-refractivity contribution >= 4 is 0 Å². The van der Waals surface area contributed by atoms with Crippen molar-refractivity contribution in [1.82, 2.24) is 0 Å². The van der Waals surface area contributed by atoms with Crippen LogP contribution in [0.2, 0.25) is 0 Å². The van der Waals surface area contributed by atoms with Gasteiger partial charge in [-0.25, -0.2) is 0 Å². The lowest BCUT2D eigenvalue weighted by Crippen LogP contribution is -2.02. The normalized spacial score (nSPS) is 12.5. The van der Waals surface area contributed by atoms with Crippen molar-refractivity contribution in [3.63, 3.8) is 0 Å². The molecule has 193 valence electrons. The first-order chi connectivity index (χ1) is 15.8. The summed E-state index contributed by atoms with van der Waals surface area (Å²) in [6, 6.07) is 0. The third-order valence-corrected chi connectivity index (χ3v) is 7.44. The summed E-state index contributed by atoms with van der Waals surface area (Å²) in [5.41, 5.74) is 0. The summed E-state index contributed by atoms with van der Waals surface area (Å²) in [5.74, 6) is 0.986. The van der Waals surface area contributed by atoms with Crippen molar-refractivity contribution in [2.24, 2.45) is 5.92 Å². The van der Waals surface area contributed by atoms with Gasteiger partial charge in [0.2, 0.25) is 0 Å². The van der Waals surface area contributed by atoms with Crippen LogP contribution in [0.25, 0.3) is 0 Å². The fourth-order valence-electron chi connectivity index (χ4n) is 5.11.